The van der Waals surface area contributed by atoms with Gasteiger partial charge in [-0.1, -0.05) is 19.4 Å². The van der Waals surface area contributed by atoms with Crippen LogP contribution in [0.5, 0.6) is 11.5 Å². The lowest BCUT2D eigenvalue weighted by Gasteiger charge is -2.10. The molecular weight excluding hydrogens is 164 g/mol. The molecule has 2 N–H and O–H groups in total. The molecule has 0 unspecified atom stereocenters. The van der Waals surface area contributed by atoms with Gasteiger partial charge in [0.1, 0.15) is 0 Å². The zero-order chi connectivity index (χ0) is 10.0. The van der Waals surface area contributed by atoms with Crippen molar-refractivity contribution >= 4 is 0 Å². The van der Waals surface area contributed by atoms with Gasteiger partial charge in [-0.25, -0.2) is 0 Å². The number of aromatic hydroxyl groups is 2. The molecule has 0 fully saturated rings. The van der Waals surface area contributed by atoms with Gasteiger partial charge in [-0.2, -0.15) is 0 Å². The Morgan fingerprint density at radius 1 is 1.15 bits per heavy atom. The lowest BCUT2D eigenvalue weighted by Crippen LogP contribution is -1.90. The molecule has 0 aliphatic rings. The Bertz CT molecular complexity index is 316. The van der Waals surface area contributed by atoms with E-state index < -0.39 is 0 Å². The summed E-state index contributed by atoms with van der Waals surface area (Å²) in [5.41, 5.74) is 2.62. The second-order valence-electron chi connectivity index (χ2n) is 3.42. The molecule has 72 valence electrons. The number of rotatable bonds is 2. The molecule has 1 aromatic carbocycles. The average molecular weight is 180 g/mol. The molecule has 2 nitrogen and oxygen atoms in total. The van der Waals surface area contributed by atoms with Crippen LogP contribution in [0.2, 0.25) is 0 Å². The molecule has 13 heavy (non-hydrogen) atoms. The third-order valence-electron chi connectivity index (χ3n) is 2.39. The van der Waals surface area contributed by atoms with Gasteiger partial charge >= 0.3 is 0 Å². The van der Waals surface area contributed by atoms with E-state index in [0.717, 1.165) is 29.5 Å². The van der Waals surface area contributed by atoms with E-state index in [2.05, 4.69) is 0 Å². The van der Waals surface area contributed by atoms with Crippen LogP contribution in [0.1, 0.15) is 30.0 Å². The van der Waals surface area contributed by atoms with Crippen molar-refractivity contribution in [2.75, 3.05) is 0 Å². The highest BCUT2D eigenvalue weighted by atomic mass is 16.3. The molecule has 2 heteroatoms. The van der Waals surface area contributed by atoms with Crippen LogP contribution in [0.25, 0.3) is 0 Å². The minimum atomic E-state index is 0.0310. The van der Waals surface area contributed by atoms with Crippen molar-refractivity contribution in [2.45, 2.75) is 33.6 Å². The van der Waals surface area contributed by atoms with E-state index in [1.807, 2.05) is 19.9 Å². The number of phenolic OH excluding ortho intramolecular Hbond substituents is 2. The van der Waals surface area contributed by atoms with E-state index in [4.69, 9.17) is 0 Å². The van der Waals surface area contributed by atoms with Crippen molar-refractivity contribution in [1.29, 1.82) is 0 Å². The molecule has 0 saturated heterocycles. The van der Waals surface area contributed by atoms with Gasteiger partial charge in [0.15, 0.2) is 11.5 Å². The summed E-state index contributed by atoms with van der Waals surface area (Å²) in [7, 11) is 0. The maximum Gasteiger partial charge on any atom is 0.160 e. The van der Waals surface area contributed by atoms with Gasteiger partial charge in [0.2, 0.25) is 0 Å². The van der Waals surface area contributed by atoms with Crippen LogP contribution in [0.15, 0.2) is 6.07 Å². The lowest BCUT2D eigenvalue weighted by atomic mass is 10.0. The number of hydrogen-bond acceptors (Lipinski definition) is 2. The number of benzene rings is 1. The molecule has 0 atom stereocenters. The predicted molar refractivity (Wildman–Crippen MR) is 53.2 cm³/mol. The Morgan fingerprint density at radius 3 is 2.31 bits per heavy atom. The second-order valence-corrected chi connectivity index (χ2v) is 3.42. The van der Waals surface area contributed by atoms with Crippen molar-refractivity contribution in [3.05, 3.63) is 22.8 Å². The van der Waals surface area contributed by atoms with E-state index in [9.17, 15) is 10.2 Å². The highest BCUT2D eigenvalue weighted by Gasteiger charge is 2.10. The topological polar surface area (TPSA) is 40.5 Å². The van der Waals surface area contributed by atoms with Crippen LogP contribution in [-0.4, -0.2) is 10.2 Å². The Labute approximate surface area is 78.8 Å². The highest BCUT2D eigenvalue weighted by Crippen LogP contribution is 2.34. The summed E-state index contributed by atoms with van der Waals surface area (Å²) in [5.74, 6) is 0.0772. The van der Waals surface area contributed by atoms with Crippen LogP contribution in [0.3, 0.4) is 0 Å². The maximum atomic E-state index is 9.58. The first-order valence-corrected chi connectivity index (χ1v) is 4.59. The van der Waals surface area contributed by atoms with Gasteiger partial charge in [-0.05, 0) is 37.0 Å². The van der Waals surface area contributed by atoms with Crippen LogP contribution >= 0.6 is 0 Å². The molecule has 0 bridgehead atoms. The zero-order valence-corrected chi connectivity index (χ0v) is 8.39. The monoisotopic (exact) mass is 180 g/mol. The summed E-state index contributed by atoms with van der Waals surface area (Å²) in [6.45, 7) is 5.79. The SMILES string of the molecule is CCCc1cc(C)c(C)c(O)c1O. The van der Waals surface area contributed by atoms with Gasteiger partial charge in [0.25, 0.3) is 0 Å². The van der Waals surface area contributed by atoms with Crippen molar-refractivity contribution in [1.82, 2.24) is 0 Å². The fourth-order valence-corrected chi connectivity index (χ4v) is 1.41. The van der Waals surface area contributed by atoms with Gasteiger partial charge in [0.05, 0.1) is 0 Å². The van der Waals surface area contributed by atoms with Gasteiger partial charge in [0, 0.05) is 0 Å². The second kappa shape index (κ2) is 3.69. The summed E-state index contributed by atoms with van der Waals surface area (Å²) in [6.07, 6.45) is 1.77. The summed E-state index contributed by atoms with van der Waals surface area (Å²) in [4.78, 5) is 0. The molecule has 0 amide bonds. The fourth-order valence-electron chi connectivity index (χ4n) is 1.41. The predicted octanol–water partition coefficient (Wildman–Crippen LogP) is 2.67. The molecule has 0 aliphatic heterocycles. The zero-order valence-electron chi connectivity index (χ0n) is 8.39. The Morgan fingerprint density at radius 2 is 1.77 bits per heavy atom. The molecule has 0 aliphatic carbocycles. The van der Waals surface area contributed by atoms with Crippen molar-refractivity contribution in [3.63, 3.8) is 0 Å². The van der Waals surface area contributed by atoms with Crippen LogP contribution in [0, 0.1) is 13.8 Å². The van der Waals surface area contributed by atoms with Gasteiger partial charge < -0.3 is 10.2 Å². The molecule has 1 aromatic rings. The fraction of sp³-hybridized carbons (Fsp3) is 0.455. The average Bonchev–Trinajstić information content (AvgIpc) is 2.11. The molecule has 1 rings (SSSR count). The van der Waals surface area contributed by atoms with Crippen molar-refractivity contribution in [3.8, 4) is 11.5 Å². The normalized spacial score (nSPS) is 10.4. The quantitative estimate of drug-likeness (QED) is 0.687. The summed E-state index contributed by atoms with van der Waals surface area (Å²) >= 11 is 0. The first kappa shape index (κ1) is 9.90. The Balaban J connectivity index is 3.24. The third-order valence-corrected chi connectivity index (χ3v) is 2.39. The summed E-state index contributed by atoms with van der Waals surface area (Å²) < 4.78 is 0. The minimum Gasteiger partial charge on any atom is -0.504 e. The first-order chi connectivity index (χ1) is 6.07. The lowest BCUT2D eigenvalue weighted by molar-refractivity contribution is 0.396. The Kier molecular flexibility index (Phi) is 2.81. The van der Waals surface area contributed by atoms with Crippen LogP contribution < -0.4 is 0 Å². The molecular formula is C11H16O2. The summed E-state index contributed by atoms with van der Waals surface area (Å²) in [6, 6.07) is 1.94. The standard InChI is InChI=1S/C11H16O2/c1-4-5-9-6-7(2)8(3)10(12)11(9)13/h6,12-13H,4-5H2,1-3H3. The smallest absolute Gasteiger partial charge is 0.160 e. The van der Waals surface area contributed by atoms with Gasteiger partial charge in [-0.15, -0.1) is 0 Å². The molecule has 0 heterocycles. The third kappa shape index (κ3) is 1.77. The van der Waals surface area contributed by atoms with Crippen LogP contribution in [0.4, 0.5) is 0 Å². The number of aryl methyl sites for hydroxylation is 2. The van der Waals surface area contributed by atoms with E-state index in [1.165, 1.54) is 0 Å². The molecule has 0 saturated carbocycles. The number of hydrogen-bond donors (Lipinski definition) is 2. The van der Waals surface area contributed by atoms with E-state index in [0.29, 0.717) is 0 Å². The number of phenols is 2. The van der Waals surface area contributed by atoms with Crippen LogP contribution in [-0.2, 0) is 6.42 Å². The molecule has 0 spiro atoms. The van der Waals surface area contributed by atoms with E-state index >= 15 is 0 Å². The molecule has 0 radical (unpaired) electrons. The van der Waals surface area contributed by atoms with Crippen molar-refractivity contribution < 1.29 is 10.2 Å². The van der Waals surface area contributed by atoms with Crippen molar-refractivity contribution in [2.24, 2.45) is 0 Å². The Hall–Kier alpha value is -1.18. The first-order valence-electron chi connectivity index (χ1n) is 4.59. The van der Waals surface area contributed by atoms with E-state index in [-0.39, 0.29) is 11.5 Å². The maximum absolute atomic E-state index is 9.58. The van der Waals surface area contributed by atoms with E-state index in [1.54, 1.807) is 6.92 Å². The largest absolute Gasteiger partial charge is 0.504 e. The van der Waals surface area contributed by atoms with Gasteiger partial charge in [-0.3, -0.25) is 0 Å². The molecule has 0 aromatic heterocycles. The highest BCUT2D eigenvalue weighted by molar-refractivity contribution is 5.53. The summed E-state index contributed by atoms with van der Waals surface area (Å²) in [5, 5.41) is 19.1. The minimum absolute atomic E-state index is 0.0310.